The second-order valence-corrected chi connectivity index (χ2v) is 6.51. The fourth-order valence-electron chi connectivity index (χ4n) is 3.43. The molecular weight excluding hydrogens is 355 g/mol. The van der Waals surface area contributed by atoms with Crippen LogP contribution in [0.5, 0.6) is 5.75 Å². The van der Waals surface area contributed by atoms with E-state index in [2.05, 4.69) is 0 Å². The number of halogens is 5. The van der Waals surface area contributed by atoms with Crippen LogP contribution < -0.4 is 4.74 Å². The highest BCUT2D eigenvalue weighted by molar-refractivity contribution is 5.92. The van der Waals surface area contributed by atoms with Gasteiger partial charge in [-0.25, -0.2) is 8.78 Å². The van der Waals surface area contributed by atoms with Crippen molar-refractivity contribution in [2.75, 3.05) is 0 Å². The van der Waals surface area contributed by atoms with E-state index in [9.17, 15) is 26.7 Å². The minimum Gasteiger partial charge on any atom is -0.490 e. The van der Waals surface area contributed by atoms with Crippen LogP contribution in [0.4, 0.5) is 22.0 Å². The second kappa shape index (κ2) is 7.21. The first-order chi connectivity index (χ1) is 12.3. The largest absolute Gasteiger partial charge is 0.490 e. The maximum absolute atomic E-state index is 13.6. The molecule has 1 saturated carbocycles. The molecule has 0 atom stereocenters. The molecule has 0 bridgehead atoms. The molecule has 2 nitrogen and oxygen atoms in total. The number of benzene rings is 2. The van der Waals surface area contributed by atoms with Crippen LogP contribution in [-0.2, 0) is 0 Å². The Morgan fingerprint density at radius 2 is 1.69 bits per heavy atom. The van der Waals surface area contributed by atoms with Crippen molar-refractivity contribution in [3.05, 3.63) is 41.5 Å². The van der Waals surface area contributed by atoms with Crippen molar-refractivity contribution in [1.82, 2.24) is 0 Å². The number of alkyl halides is 5. The molecule has 0 N–H and O–H groups in total. The maximum Gasteiger partial charge on any atom is 0.391 e. The van der Waals surface area contributed by atoms with E-state index in [1.807, 2.05) is 0 Å². The summed E-state index contributed by atoms with van der Waals surface area (Å²) < 4.78 is 71.2. The van der Waals surface area contributed by atoms with Gasteiger partial charge in [-0.05, 0) is 48.6 Å². The summed E-state index contributed by atoms with van der Waals surface area (Å²) in [5, 5.41) is 0.755. The zero-order valence-electron chi connectivity index (χ0n) is 13.7. The third kappa shape index (κ3) is 3.81. The molecule has 0 heterocycles. The van der Waals surface area contributed by atoms with Gasteiger partial charge in [0.2, 0.25) is 0 Å². The molecule has 140 valence electrons. The summed E-state index contributed by atoms with van der Waals surface area (Å²) in [6.07, 6.45) is -6.82. The summed E-state index contributed by atoms with van der Waals surface area (Å²) in [5.41, 5.74) is -0.0635. The standard InChI is InChI=1S/C19H17F5O2/c20-18(21)17-15-9-11(10-25)1-2-12(15)3-8-16(17)26-14-6-4-13(5-7-14)19(22,23)24/h1-3,8-10,13-14,18H,4-7H2. The van der Waals surface area contributed by atoms with Crippen molar-refractivity contribution in [3.8, 4) is 5.75 Å². The van der Waals surface area contributed by atoms with Gasteiger partial charge in [0, 0.05) is 5.56 Å². The molecular formula is C19H17F5O2. The van der Waals surface area contributed by atoms with E-state index in [1.54, 1.807) is 12.1 Å². The fourth-order valence-corrected chi connectivity index (χ4v) is 3.43. The molecule has 0 unspecified atom stereocenters. The number of fused-ring (bicyclic) bond motifs is 1. The van der Waals surface area contributed by atoms with Crippen molar-refractivity contribution < 1.29 is 31.5 Å². The van der Waals surface area contributed by atoms with Crippen molar-refractivity contribution in [2.24, 2.45) is 5.92 Å². The summed E-state index contributed by atoms with van der Waals surface area (Å²) in [7, 11) is 0. The van der Waals surface area contributed by atoms with E-state index in [4.69, 9.17) is 4.74 Å². The lowest BCUT2D eigenvalue weighted by Gasteiger charge is -2.30. The predicted molar refractivity (Wildman–Crippen MR) is 86.7 cm³/mol. The molecule has 0 amide bonds. The summed E-state index contributed by atoms with van der Waals surface area (Å²) >= 11 is 0. The Balaban J connectivity index is 1.86. The SMILES string of the molecule is O=Cc1ccc2ccc(OC3CCC(C(F)(F)F)CC3)c(C(F)F)c2c1. The third-order valence-electron chi connectivity index (χ3n) is 4.83. The van der Waals surface area contributed by atoms with E-state index in [0.29, 0.717) is 11.7 Å². The molecule has 0 aromatic heterocycles. The Bertz CT molecular complexity index is 792. The topological polar surface area (TPSA) is 26.3 Å². The highest BCUT2D eigenvalue weighted by Crippen LogP contribution is 2.41. The van der Waals surface area contributed by atoms with Crippen LogP contribution >= 0.6 is 0 Å². The van der Waals surface area contributed by atoms with Gasteiger partial charge in [-0.15, -0.1) is 0 Å². The summed E-state index contributed by atoms with van der Waals surface area (Å²) in [6.45, 7) is 0. The minimum absolute atomic E-state index is 0.0361. The van der Waals surface area contributed by atoms with Crippen LogP contribution in [0.25, 0.3) is 10.8 Å². The highest BCUT2D eigenvalue weighted by Gasteiger charge is 2.41. The lowest BCUT2D eigenvalue weighted by molar-refractivity contribution is -0.185. The van der Waals surface area contributed by atoms with Gasteiger partial charge >= 0.3 is 6.18 Å². The molecule has 1 aliphatic rings. The number of hydrogen-bond donors (Lipinski definition) is 0. The Hall–Kier alpha value is -2.18. The van der Waals surface area contributed by atoms with Crippen LogP contribution in [0.2, 0.25) is 0 Å². The zero-order valence-corrected chi connectivity index (χ0v) is 13.7. The van der Waals surface area contributed by atoms with E-state index in [-0.39, 0.29) is 47.9 Å². The van der Waals surface area contributed by atoms with Crippen LogP contribution in [0.3, 0.4) is 0 Å². The Morgan fingerprint density at radius 1 is 1.04 bits per heavy atom. The van der Waals surface area contributed by atoms with Crippen molar-refractivity contribution >= 4 is 17.1 Å². The predicted octanol–water partition coefficient (Wildman–Crippen LogP) is 6.09. The van der Waals surface area contributed by atoms with E-state index < -0.39 is 24.6 Å². The molecule has 7 heteroatoms. The summed E-state index contributed by atoms with van der Waals surface area (Å²) in [4.78, 5) is 10.9. The van der Waals surface area contributed by atoms with Crippen molar-refractivity contribution in [2.45, 2.75) is 44.4 Å². The molecule has 26 heavy (non-hydrogen) atoms. The maximum atomic E-state index is 13.6. The van der Waals surface area contributed by atoms with E-state index in [0.717, 1.165) is 0 Å². The van der Waals surface area contributed by atoms with Gasteiger partial charge in [-0.1, -0.05) is 18.2 Å². The van der Waals surface area contributed by atoms with Gasteiger partial charge in [0.1, 0.15) is 12.0 Å². The molecule has 0 aliphatic heterocycles. The van der Waals surface area contributed by atoms with E-state index in [1.165, 1.54) is 18.2 Å². The first kappa shape index (κ1) is 18.6. The number of rotatable bonds is 4. The molecule has 1 aliphatic carbocycles. The second-order valence-electron chi connectivity index (χ2n) is 6.51. The number of hydrogen-bond acceptors (Lipinski definition) is 2. The quantitative estimate of drug-likeness (QED) is 0.480. The van der Waals surface area contributed by atoms with Gasteiger partial charge in [-0.3, -0.25) is 4.79 Å². The van der Waals surface area contributed by atoms with Gasteiger partial charge in [0.05, 0.1) is 17.6 Å². The number of carbonyl (C=O) groups excluding carboxylic acids is 1. The Kier molecular flexibility index (Phi) is 5.16. The van der Waals surface area contributed by atoms with Crippen LogP contribution in [0.15, 0.2) is 30.3 Å². The molecule has 0 spiro atoms. The molecule has 2 aromatic rings. The first-order valence-corrected chi connectivity index (χ1v) is 8.33. The van der Waals surface area contributed by atoms with Crippen LogP contribution in [-0.4, -0.2) is 18.6 Å². The first-order valence-electron chi connectivity index (χ1n) is 8.33. The molecule has 0 radical (unpaired) electrons. The molecule has 0 saturated heterocycles. The van der Waals surface area contributed by atoms with Crippen LogP contribution in [0.1, 0.15) is 48.0 Å². The minimum atomic E-state index is -4.23. The fraction of sp³-hybridized carbons (Fsp3) is 0.421. The van der Waals surface area contributed by atoms with Gasteiger partial charge in [0.25, 0.3) is 6.43 Å². The smallest absolute Gasteiger partial charge is 0.391 e. The average molecular weight is 372 g/mol. The Labute approximate surface area is 146 Å². The highest BCUT2D eigenvalue weighted by atomic mass is 19.4. The monoisotopic (exact) mass is 372 g/mol. The zero-order chi connectivity index (χ0) is 18.9. The number of carbonyl (C=O) groups is 1. The molecule has 2 aromatic carbocycles. The van der Waals surface area contributed by atoms with Gasteiger partial charge < -0.3 is 4.74 Å². The molecule has 1 fully saturated rings. The lowest BCUT2D eigenvalue weighted by Crippen LogP contribution is -2.32. The summed E-state index contributed by atoms with van der Waals surface area (Å²) in [6, 6.07) is 7.50. The number of aldehydes is 1. The number of ether oxygens (including phenoxy) is 1. The van der Waals surface area contributed by atoms with Crippen LogP contribution in [0, 0.1) is 5.92 Å². The average Bonchev–Trinajstić information content (AvgIpc) is 2.60. The lowest BCUT2D eigenvalue weighted by atomic mass is 9.87. The van der Waals surface area contributed by atoms with Crippen molar-refractivity contribution in [3.63, 3.8) is 0 Å². The van der Waals surface area contributed by atoms with Crippen molar-refractivity contribution in [1.29, 1.82) is 0 Å². The van der Waals surface area contributed by atoms with Gasteiger partial charge in [-0.2, -0.15) is 13.2 Å². The third-order valence-corrected chi connectivity index (χ3v) is 4.83. The van der Waals surface area contributed by atoms with Gasteiger partial charge in [0.15, 0.2) is 0 Å². The van der Waals surface area contributed by atoms with E-state index >= 15 is 0 Å². The summed E-state index contributed by atoms with van der Waals surface area (Å²) in [5.74, 6) is -1.39. The molecule has 3 rings (SSSR count). The Morgan fingerprint density at radius 3 is 2.27 bits per heavy atom. The normalized spacial score (nSPS) is 21.2.